The van der Waals surface area contributed by atoms with E-state index in [1.54, 1.807) is 0 Å². The lowest BCUT2D eigenvalue weighted by molar-refractivity contribution is 0.475. The molecule has 0 aromatic carbocycles. The maximum atomic E-state index is 11.2. The average molecular weight is 240 g/mol. The van der Waals surface area contributed by atoms with Gasteiger partial charge in [0.2, 0.25) is 0 Å². The summed E-state index contributed by atoms with van der Waals surface area (Å²) >= 11 is 0. The third kappa shape index (κ3) is 3.19. The number of nitrogens with zero attached hydrogens (tertiary/aromatic N) is 1. The highest BCUT2D eigenvalue weighted by Gasteiger charge is 2.16. The number of hydrogen-bond acceptors (Lipinski definition) is 2. The molecule has 0 spiro atoms. The van der Waals surface area contributed by atoms with Gasteiger partial charge in [-0.15, -0.1) is 0 Å². The molecule has 4 heteroatoms. The van der Waals surface area contributed by atoms with Crippen molar-refractivity contribution < 1.29 is 4.21 Å². The lowest BCUT2D eigenvalue weighted by atomic mass is 10.1. The fourth-order valence-electron chi connectivity index (χ4n) is 2.05. The van der Waals surface area contributed by atoms with E-state index in [0.717, 1.165) is 37.4 Å². The Morgan fingerprint density at radius 1 is 1.50 bits per heavy atom. The number of aromatic nitrogens is 1. The molecule has 16 heavy (non-hydrogen) atoms. The van der Waals surface area contributed by atoms with Crippen LogP contribution in [0.3, 0.4) is 0 Å². The van der Waals surface area contributed by atoms with Gasteiger partial charge in [0.1, 0.15) is 0 Å². The quantitative estimate of drug-likeness (QED) is 0.865. The first kappa shape index (κ1) is 11.9. The zero-order chi connectivity index (χ0) is 11.4. The summed E-state index contributed by atoms with van der Waals surface area (Å²) in [6, 6.07) is 2.72. The average Bonchev–Trinajstić information content (AvgIpc) is 2.76. The Bertz CT molecular complexity index is 352. The zero-order valence-electron chi connectivity index (χ0n) is 9.82. The van der Waals surface area contributed by atoms with Crippen LogP contribution in [0, 0.1) is 0 Å². The minimum atomic E-state index is -0.550. The van der Waals surface area contributed by atoms with Crippen LogP contribution in [0.25, 0.3) is 0 Å². The molecule has 0 saturated carbocycles. The van der Waals surface area contributed by atoms with E-state index in [4.69, 9.17) is 0 Å². The summed E-state index contributed by atoms with van der Waals surface area (Å²) in [4.78, 5) is 0. The fourth-order valence-corrected chi connectivity index (χ4v) is 3.35. The molecule has 0 unspecified atom stereocenters. The van der Waals surface area contributed by atoms with Crippen molar-refractivity contribution in [3.63, 3.8) is 0 Å². The van der Waals surface area contributed by atoms with Crippen LogP contribution >= 0.6 is 0 Å². The summed E-state index contributed by atoms with van der Waals surface area (Å²) in [5.74, 6) is 1.74. The van der Waals surface area contributed by atoms with Crippen molar-refractivity contribution in [2.24, 2.45) is 0 Å². The first-order chi connectivity index (χ1) is 7.78. The smallest absolute Gasteiger partial charge is 0.0249 e. The van der Waals surface area contributed by atoms with Gasteiger partial charge >= 0.3 is 0 Å². The monoisotopic (exact) mass is 240 g/mol. The third-order valence-electron chi connectivity index (χ3n) is 3.16. The maximum Gasteiger partial charge on any atom is 0.0249 e. The van der Waals surface area contributed by atoms with Gasteiger partial charge in [0, 0.05) is 53.8 Å². The highest BCUT2D eigenvalue weighted by Crippen LogP contribution is 2.10. The first-order valence-electron chi connectivity index (χ1n) is 6.01. The molecule has 0 aliphatic carbocycles. The van der Waals surface area contributed by atoms with Crippen molar-refractivity contribution in [1.29, 1.82) is 0 Å². The van der Waals surface area contributed by atoms with E-state index in [-0.39, 0.29) is 0 Å². The van der Waals surface area contributed by atoms with E-state index in [0.29, 0.717) is 6.04 Å². The van der Waals surface area contributed by atoms with Gasteiger partial charge in [0.05, 0.1) is 0 Å². The van der Waals surface area contributed by atoms with Crippen molar-refractivity contribution in [2.75, 3.05) is 11.5 Å². The molecule has 90 valence electrons. The number of hydrogen-bond donors (Lipinski definition) is 1. The molecule has 1 aliphatic heterocycles. The fraction of sp³-hybridized carbons (Fsp3) is 0.667. The molecule has 0 radical (unpaired) electrons. The molecule has 3 nitrogen and oxygen atoms in total. The Labute approximate surface area is 99.7 Å². The van der Waals surface area contributed by atoms with E-state index in [2.05, 4.69) is 35.3 Å². The number of aryl methyl sites for hydroxylation is 1. The molecule has 2 rings (SSSR count). The molecule has 1 N–H and O–H groups in total. The Kier molecular flexibility index (Phi) is 4.18. The second-order valence-corrected chi connectivity index (χ2v) is 6.05. The molecule has 1 fully saturated rings. The van der Waals surface area contributed by atoms with Gasteiger partial charge in [-0.3, -0.25) is 4.21 Å². The lowest BCUT2D eigenvalue weighted by Gasteiger charge is -2.22. The Morgan fingerprint density at radius 2 is 2.25 bits per heavy atom. The van der Waals surface area contributed by atoms with E-state index in [1.807, 2.05) is 0 Å². The maximum absolute atomic E-state index is 11.2. The van der Waals surface area contributed by atoms with E-state index < -0.39 is 10.8 Å². The van der Waals surface area contributed by atoms with Gasteiger partial charge in [-0.05, 0) is 31.4 Å². The predicted molar refractivity (Wildman–Crippen MR) is 67.8 cm³/mol. The molecule has 1 aromatic heterocycles. The molecule has 1 saturated heterocycles. The summed E-state index contributed by atoms with van der Waals surface area (Å²) in [6.07, 6.45) is 6.42. The van der Waals surface area contributed by atoms with Crippen LogP contribution in [0.5, 0.6) is 0 Å². The second-order valence-electron chi connectivity index (χ2n) is 4.35. The van der Waals surface area contributed by atoms with Crippen LogP contribution in [0.1, 0.15) is 25.3 Å². The molecule has 2 heterocycles. The van der Waals surface area contributed by atoms with Crippen LogP contribution < -0.4 is 5.32 Å². The summed E-state index contributed by atoms with van der Waals surface area (Å²) < 4.78 is 13.4. The van der Waals surface area contributed by atoms with Gasteiger partial charge in [-0.2, -0.15) is 0 Å². The van der Waals surface area contributed by atoms with E-state index >= 15 is 0 Å². The normalized spacial score (nSPS) is 25.8. The van der Waals surface area contributed by atoms with Gasteiger partial charge in [0.25, 0.3) is 0 Å². The third-order valence-corrected chi connectivity index (χ3v) is 4.54. The lowest BCUT2D eigenvalue weighted by Crippen LogP contribution is -2.35. The Morgan fingerprint density at radius 3 is 2.88 bits per heavy atom. The van der Waals surface area contributed by atoms with E-state index in [9.17, 15) is 4.21 Å². The van der Waals surface area contributed by atoms with Crippen molar-refractivity contribution in [3.8, 4) is 0 Å². The topological polar surface area (TPSA) is 34.0 Å². The molecule has 0 atom stereocenters. The highest BCUT2D eigenvalue weighted by molar-refractivity contribution is 7.85. The van der Waals surface area contributed by atoms with Crippen molar-refractivity contribution in [3.05, 3.63) is 24.0 Å². The van der Waals surface area contributed by atoms with Crippen LogP contribution in [0.4, 0.5) is 0 Å². The standard InChI is InChI=1S/C12H20N2OS/c1-2-14-6-3-11(10-14)9-13-12-4-7-16(15)8-5-12/h3,6,10,12-13H,2,4-5,7-9H2,1H3. The summed E-state index contributed by atoms with van der Waals surface area (Å²) in [7, 11) is -0.550. The van der Waals surface area contributed by atoms with Crippen LogP contribution in [-0.4, -0.2) is 26.3 Å². The minimum Gasteiger partial charge on any atom is -0.354 e. The molecule has 0 bridgehead atoms. The van der Waals surface area contributed by atoms with Crippen molar-refractivity contribution >= 4 is 10.8 Å². The number of rotatable bonds is 4. The summed E-state index contributed by atoms with van der Waals surface area (Å²) in [5.41, 5.74) is 1.34. The summed E-state index contributed by atoms with van der Waals surface area (Å²) in [5, 5.41) is 3.55. The molecule has 1 aliphatic rings. The number of nitrogens with one attached hydrogen (secondary N) is 1. The summed E-state index contributed by atoms with van der Waals surface area (Å²) in [6.45, 7) is 4.11. The van der Waals surface area contributed by atoms with Gasteiger partial charge in [0.15, 0.2) is 0 Å². The Balaban J connectivity index is 1.76. The minimum absolute atomic E-state index is 0.550. The highest BCUT2D eigenvalue weighted by atomic mass is 32.2. The van der Waals surface area contributed by atoms with Gasteiger partial charge < -0.3 is 9.88 Å². The molecule has 1 aromatic rings. The zero-order valence-corrected chi connectivity index (χ0v) is 10.6. The van der Waals surface area contributed by atoms with Crippen LogP contribution in [-0.2, 0) is 23.9 Å². The largest absolute Gasteiger partial charge is 0.354 e. The van der Waals surface area contributed by atoms with Gasteiger partial charge in [-0.1, -0.05) is 0 Å². The van der Waals surface area contributed by atoms with Crippen molar-refractivity contribution in [2.45, 2.75) is 38.9 Å². The molecular weight excluding hydrogens is 220 g/mol. The van der Waals surface area contributed by atoms with Gasteiger partial charge in [-0.25, -0.2) is 0 Å². The van der Waals surface area contributed by atoms with E-state index in [1.165, 1.54) is 5.56 Å². The molecular formula is C12H20N2OS. The predicted octanol–water partition coefficient (Wildman–Crippen LogP) is 1.51. The van der Waals surface area contributed by atoms with Crippen LogP contribution in [0.15, 0.2) is 18.5 Å². The second kappa shape index (κ2) is 5.64. The molecule has 0 amide bonds. The van der Waals surface area contributed by atoms with Crippen molar-refractivity contribution in [1.82, 2.24) is 9.88 Å². The van der Waals surface area contributed by atoms with Crippen LogP contribution in [0.2, 0.25) is 0 Å². The Hall–Kier alpha value is -0.610. The SMILES string of the molecule is CCn1ccc(CNC2CCS(=O)CC2)c1. The first-order valence-corrected chi connectivity index (χ1v) is 7.49.